The number of fused-ring (bicyclic) bond motifs is 1. The number of benzene rings is 4. The van der Waals surface area contributed by atoms with Crippen molar-refractivity contribution in [3.05, 3.63) is 125 Å². The Labute approximate surface area is 383 Å². The second kappa shape index (κ2) is 25.4. The molecule has 4 aromatic rings. The van der Waals surface area contributed by atoms with E-state index < -0.39 is 11.9 Å². The summed E-state index contributed by atoms with van der Waals surface area (Å²) in [6, 6.07) is 29.4. The highest BCUT2D eigenvalue weighted by Crippen LogP contribution is 2.36. The summed E-state index contributed by atoms with van der Waals surface area (Å²) in [7, 11) is 0. The van der Waals surface area contributed by atoms with Crippen LogP contribution in [0.15, 0.2) is 97.1 Å². The molecule has 5 amide bonds. The van der Waals surface area contributed by atoms with E-state index in [4.69, 9.17) is 35.3 Å². The molecule has 16 heteroatoms. The summed E-state index contributed by atoms with van der Waals surface area (Å²) in [5.41, 5.74) is 6.70. The lowest BCUT2D eigenvalue weighted by atomic mass is 9.88. The number of nitrogens with one attached hydrogen (secondary N) is 3. The van der Waals surface area contributed by atoms with E-state index in [2.05, 4.69) is 28.1 Å². The average Bonchev–Trinajstić information content (AvgIpc) is 3.65. The SMILES string of the molecule is O=C(CCOCCOCCOCCOCCC(=O)Nc1cccc2c1CN(C1CCC(=O)NC1=O)C2=O)NCCOc1ccc(C(=C(CCCl)c2ccccc2)c2ccc(O)cc2)cc1. The number of alkyl halides is 1. The van der Waals surface area contributed by atoms with Crippen LogP contribution in [0.4, 0.5) is 5.69 Å². The fourth-order valence-electron chi connectivity index (χ4n) is 7.46. The summed E-state index contributed by atoms with van der Waals surface area (Å²) in [5, 5.41) is 17.9. The second-order valence-electron chi connectivity index (χ2n) is 15.2. The Morgan fingerprint density at radius 3 is 1.94 bits per heavy atom. The number of carbonyl (C=O) groups is 5. The first-order valence-electron chi connectivity index (χ1n) is 21.7. The molecular formula is C49H55ClN4O11. The van der Waals surface area contributed by atoms with Crippen LogP contribution in [0.2, 0.25) is 0 Å². The Hall–Kier alpha value is -6.10. The fraction of sp³-hybridized carbons (Fsp3) is 0.367. The third kappa shape index (κ3) is 14.4. The molecule has 0 bridgehead atoms. The maximum atomic E-state index is 13.0. The molecule has 0 spiro atoms. The number of rotatable bonds is 26. The highest BCUT2D eigenvalue weighted by atomic mass is 35.5. The van der Waals surface area contributed by atoms with Gasteiger partial charge in [-0.3, -0.25) is 29.3 Å². The van der Waals surface area contributed by atoms with Crippen LogP contribution in [0.3, 0.4) is 0 Å². The summed E-state index contributed by atoms with van der Waals surface area (Å²) < 4.78 is 28.0. The van der Waals surface area contributed by atoms with Gasteiger partial charge in [0.1, 0.15) is 24.1 Å². The first-order valence-corrected chi connectivity index (χ1v) is 22.3. The van der Waals surface area contributed by atoms with Crippen LogP contribution < -0.4 is 20.7 Å². The zero-order valence-electron chi connectivity index (χ0n) is 36.2. The van der Waals surface area contributed by atoms with Crippen molar-refractivity contribution >= 4 is 58.0 Å². The summed E-state index contributed by atoms with van der Waals surface area (Å²) in [4.78, 5) is 63.3. The van der Waals surface area contributed by atoms with Crippen LogP contribution >= 0.6 is 11.6 Å². The zero-order valence-corrected chi connectivity index (χ0v) is 36.9. The number of allylic oxidation sites excluding steroid dienone is 1. The minimum Gasteiger partial charge on any atom is -0.508 e. The predicted molar refractivity (Wildman–Crippen MR) is 244 cm³/mol. The van der Waals surface area contributed by atoms with Gasteiger partial charge in [0.25, 0.3) is 5.91 Å². The first kappa shape index (κ1) is 48.4. The molecule has 1 saturated heterocycles. The molecule has 1 unspecified atom stereocenters. The highest BCUT2D eigenvalue weighted by molar-refractivity contribution is 6.18. The number of halogens is 1. The maximum Gasteiger partial charge on any atom is 0.255 e. The van der Waals surface area contributed by atoms with Crippen molar-refractivity contribution in [3.8, 4) is 11.5 Å². The van der Waals surface area contributed by atoms with E-state index in [9.17, 15) is 29.1 Å². The normalized spacial score (nSPS) is 15.0. The maximum absolute atomic E-state index is 13.0. The van der Waals surface area contributed by atoms with Crippen molar-refractivity contribution in [1.29, 1.82) is 0 Å². The molecule has 2 aliphatic rings. The summed E-state index contributed by atoms with van der Waals surface area (Å²) >= 11 is 6.27. The standard InChI is InChI=1S/C49H55ClN4O11/c50-22-19-39(34-5-2-1-3-6-34)47(35-9-13-37(55)14-10-35)36-11-15-38(16-12-36)65-26-23-51-44(56)20-24-61-27-29-63-31-32-64-30-28-62-25-21-46(58)52-42-8-4-7-40-41(42)33-54(49(40)60)43-17-18-45(57)53-48(43)59/h1-16,43,55H,17-33H2,(H,51,56)(H,52,58)(H,53,57,59). The largest absolute Gasteiger partial charge is 0.508 e. The topological polar surface area (TPSA) is 191 Å². The van der Waals surface area contributed by atoms with Crippen LogP contribution in [0.5, 0.6) is 11.5 Å². The molecule has 15 nitrogen and oxygen atoms in total. The van der Waals surface area contributed by atoms with Crippen molar-refractivity contribution in [2.75, 3.05) is 77.2 Å². The zero-order chi connectivity index (χ0) is 45.8. The number of imide groups is 1. The van der Waals surface area contributed by atoms with Crippen molar-refractivity contribution in [3.63, 3.8) is 0 Å². The Kier molecular flexibility index (Phi) is 18.9. The lowest BCUT2D eigenvalue weighted by molar-refractivity contribution is -0.137. The van der Waals surface area contributed by atoms with Gasteiger partial charge in [-0.05, 0) is 77.1 Å². The molecule has 4 N–H and O–H groups in total. The van der Waals surface area contributed by atoms with E-state index in [0.717, 1.165) is 27.8 Å². The molecule has 0 aliphatic carbocycles. The van der Waals surface area contributed by atoms with E-state index in [0.29, 0.717) is 87.7 Å². The van der Waals surface area contributed by atoms with Gasteiger partial charge in [-0.2, -0.15) is 0 Å². The number of phenols is 1. The Balaban J connectivity index is 0.767. The molecule has 2 heterocycles. The minimum atomic E-state index is -0.734. The van der Waals surface area contributed by atoms with E-state index in [-0.39, 0.29) is 74.8 Å². The van der Waals surface area contributed by atoms with Crippen molar-refractivity contribution in [1.82, 2.24) is 15.5 Å². The monoisotopic (exact) mass is 910 g/mol. The molecule has 6 rings (SSSR count). The number of ether oxygens (including phenoxy) is 5. The van der Waals surface area contributed by atoms with Crippen LogP contribution in [0.1, 0.15) is 64.7 Å². The first-order chi connectivity index (χ1) is 31.7. The Morgan fingerprint density at radius 2 is 1.31 bits per heavy atom. The molecule has 1 atom stereocenters. The third-order valence-electron chi connectivity index (χ3n) is 10.7. The molecule has 2 aliphatic heterocycles. The molecule has 65 heavy (non-hydrogen) atoms. The van der Waals surface area contributed by atoms with Gasteiger partial charge in [0, 0.05) is 42.1 Å². The fourth-order valence-corrected chi connectivity index (χ4v) is 7.65. The Morgan fingerprint density at radius 1 is 0.692 bits per heavy atom. The summed E-state index contributed by atoms with van der Waals surface area (Å²) in [5.74, 6) is -0.251. The van der Waals surface area contributed by atoms with E-state index in [1.54, 1.807) is 30.3 Å². The van der Waals surface area contributed by atoms with Gasteiger partial charge in [-0.1, -0.05) is 60.7 Å². The van der Waals surface area contributed by atoms with Crippen molar-refractivity contribution in [2.24, 2.45) is 0 Å². The molecule has 0 saturated carbocycles. The molecule has 0 aromatic heterocycles. The van der Waals surface area contributed by atoms with E-state index in [1.165, 1.54) is 4.90 Å². The van der Waals surface area contributed by atoms with E-state index >= 15 is 0 Å². The van der Waals surface area contributed by atoms with Gasteiger partial charge in [-0.25, -0.2) is 0 Å². The molecule has 0 radical (unpaired) electrons. The second-order valence-corrected chi connectivity index (χ2v) is 15.5. The number of anilines is 1. The number of amides is 5. The lowest BCUT2D eigenvalue weighted by Gasteiger charge is -2.29. The number of hydrogen-bond donors (Lipinski definition) is 4. The average molecular weight is 911 g/mol. The van der Waals surface area contributed by atoms with Gasteiger partial charge < -0.3 is 44.3 Å². The van der Waals surface area contributed by atoms with Crippen molar-refractivity contribution in [2.45, 2.75) is 44.7 Å². The van der Waals surface area contributed by atoms with Crippen LogP contribution in [-0.4, -0.2) is 117 Å². The third-order valence-corrected chi connectivity index (χ3v) is 10.9. The van der Waals surface area contributed by atoms with Crippen molar-refractivity contribution < 1.29 is 52.8 Å². The smallest absolute Gasteiger partial charge is 0.255 e. The van der Waals surface area contributed by atoms with Gasteiger partial charge >= 0.3 is 0 Å². The summed E-state index contributed by atoms with van der Waals surface area (Å²) in [6.45, 7) is 3.25. The van der Waals surface area contributed by atoms with Crippen LogP contribution in [0, 0.1) is 0 Å². The van der Waals surface area contributed by atoms with Crippen LogP contribution in [0.25, 0.3) is 11.1 Å². The molecule has 1 fully saturated rings. The minimum absolute atomic E-state index is 0.0976. The predicted octanol–water partition coefficient (Wildman–Crippen LogP) is 5.72. The summed E-state index contributed by atoms with van der Waals surface area (Å²) in [6.07, 6.45) is 1.39. The number of carbonyl (C=O) groups excluding carboxylic acids is 5. The van der Waals surface area contributed by atoms with E-state index in [1.807, 2.05) is 54.6 Å². The van der Waals surface area contributed by atoms with Gasteiger partial charge in [0.05, 0.1) is 65.8 Å². The number of aromatic hydroxyl groups is 1. The number of nitrogens with zero attached hydrogens (tertiary/aromatic N) is 1. The molecule has 4 aromatic carbocycles. The van der Waals surface area contributed by atoms with Gasteiger partial charge in [-0.15, -0.1) is 11.6 Å². The van der Waals surface area contributed by atoms with Crippen LogP contribution in [-0.2, 0) is 44.7 Å². The Bertz CT molecular complexity index is 2250. The lowest BCUT2D eigenvalue weighted by Crippen LogP contribution is -2.52. The number of piperidine rings is 1. The molecule has 344 valence electrons. The van der Waals surface area contributed by atoms with Gasteiger partial charge in [0.15, 0.2) is 0 Å². The quantitative estimate of drug-likeness (QED) is 0.0261. The number of hydrogen-bond acceptors (Lipinski definition) is 11. The highest BCUT2D eigenvalue weighted by Gasteiger charge is 2.40. The van der Waals surface area contributed by atoms with Gasteiger partial charge in [0.2, 0.25) is 23.6 Å². The number of phenolic OH excluding ortho intramolecular Hbond substituents is 1. The molecular weight excluding hydrogens is 856 g/mol.